The standard InChI is InChI=1S/C24H34N2O4S/c1-2-3-4-5-15-28-21-6-8-22(9-7-21)29-16-12-20-10-13-26(14-11-20)24(27)30-18-23-17-25-19-31-23/h6-9,17,19-20H,2-5,10-16,18H2,1H3. The molecule has 0 unspecified atom stereocenters. The van der Waals surface area contributed by atoms with E-state index < -0.39 is 0 Å². The van der Waals surface area contributed by atoms with Crippen molar-refractivity contribution < 1.29 is 19.0 Å². The van der Waals surface area contributed by atoms with E-state index in [0.29, 0.717) is 19.1 Å². The lowest BCUT2D eigenvalue weighted by molar-refractivity contribution is 0.0807. The quantitative estimate of drug-likeness (QED) is 0.379. The lowest BCUT2D eigenvalue weighted by Crippen LogP contribution is -2.39. The molecule has 2 aromatic rings. The van der Waals surface area contributed by atoms with E-state index >= 15 is 0 Å². The Hall–Kier alpha value is -2.28. The van der Waals surface area contributed by atoms with E-state index in [1.165, 1.54) is 30.6 Å². The molecule has 1 fully saturated rings. The fourth-order valence-electron chi connectivity index (χ4n) is 3.64. The summed E-state index contributed by atoms with van der Waals surface area (Å²) in [6, 6.07) is 7.91. The number of thiazole rings is 1. The summed E-state index contributed by atoms with van der Waals surface area (Å²) in [4.78, 5) is 19.0. The third-order valence-electron chi connectivity index (χ3n) is 5.58. The van der Waals surface area contributed by atoms with Crippen molar-refractivity contribution in [2.24, 2.45) is 5.92 Å². The molecule has 6 nitrogen and oxygen atoms in total. The van der Waals surface area contributed by atoms with Gasteiger partial charge in [0.2, 0.25) is 0 Å². The Kier molecular flexibility index (Phi) is 9.96. The average Bonchev–Trinajstić information content (AvgIpc) is 3.32. The molecule has 0 spiro atoms. The zero-order chi connectivity index (χ0) is 21.7. The van der Waals surface area contributed by atoms with Gasteiger partial charge < -0.3 is 19.1 Å². The number of rotatable bonds is 12. The second-order valence-corrected chi connectivity index (χ2v) is 8.94. The highest BCUT2D eigenvalue weighted by molar-refractivity contribution is 7.09. The normalized spacial score (nSPS) is 14.4. The van der Waals surface area contributed by atoms with Crippen molar-refractivity contribution >= 4 is 17.4 Å². The van der Waals surface area contributed by atoms with Crippen LogP contribution in [0.5, 0.6) is 11.5 Å². The van der Waals surface area contributed by atoms with Crippen molar-refractivity contribution in [3.05, 3.63) is 40.8 Å². The monoisotopic (exact) mass is 446 g/mol. The molecule has 31 heavy (non-hydrogen) atoms. The van der Waals surface area contributed by atoms with Crippen molar-refractivity contribution in [1.29, 1.82) is 0 Å². The third kappa shape index (κ3) is 8.40. The zero-order valence-corrected chi connectivity index (χ0v) is 19.3. The number of likely N-dealkylation sites (tertiary alicyclic amines) is 1. The maximum atomic E-state index is 12.2. The van der Waals surface area contributed by atoms with Gasteiger partial charge in [0.15, 0.2) is 0 Å². The minimum absolute atomic E-state index is 0.226. The summed E-state index contributed by atoms with van der Waals surface area (Å²) in [6.45, 7) is 5.48. The summed E-state index contributed by atoms with van der Waals surface area (Å²) in [5, 5.41) is 0. The largest absolute Gasteiger partial charge is 0.494 e. The van der Waals surface area contributed by atoms with Crippen LogP contribution in [-0.4, -0.2) is 42.3 Å². The molecule has 2 heterocycles. The van der Waals surface area contributed by atoms with Crippen molar-refractivity contribution in [2.45, 2.75) is 58.5 Å². The maximum absolute atomic E-state index is 12.2. The Morgan fingerprint density at radius 3 is 2.42 bits per heavy atom. The van der Waals surface area contributed by atoms with Gasteiger partial charge in [0.1, 0.15) is 18.1 Å². The van der Waals surface area contributed by atoms with Crippen LogP contribution in [0.25, 0.3) is 0 Å². The number of benzene rings is 1. The molecule has 7 heteroatoms. The molecule has 1 saturated heterocycles. The molecule has 1 aliphatic rings. The number of hydrogen-bond acceptors (Lipinski definition) is 6. The van der Waals surface area contributed by atoms with E-state index in [0.717, 1.165) is 61.8 Å². The van der Waals surface area contributed by atoms with E-state index in [-0.39, 0.29) is 6.09 Å². The van der Waals surface area contributed by atoms with Crippen LogP contribution >= 0.6 is 11.3 Å². The van der Waals surface area contributed by atoms with Crippen molar-refractivity contribution in [1.82, 2.24) is 9.88 Å². The highest BCUT2D eigenvalue weighted by Crippen LogP contribution is 2.23. The number of amides is 1. The molecule has 1 aromatic carbocycles. The van der Waals surface area contributed by atoms with E-state index in [1.54, 1.807) is 16.6 Å². The summed E-state index contributed by atoms with van der Waals surface area (Å²) < 4.78 is 17.1. The van der Waals surface area contributed by atoms with E-state index in [1.807, 2.05) is 24.3 Å². The first-order valence-corrected chi connectivity index (χ1v) is 12.3. The first-order valence-electron chi connectivity index (χ1n) is 11.4. The summed E-state index contributed by atoms with van der Waals surface area (Å²) in [5.74, 6) is 2.36. The number of carbonyl (C=O) groups is 1. The van der Waals surface area contributed by atoms with Crippen LogP contribution in [0.3, 0.4) is 0 Å². The topological polar surface area (TPSA) is 60.9 Å². The van der Waals surface area contributed by atoms with Gasteiger partial charge in [0.25, 0.3) is 0 Å². The molecule has 170 valence electrons. The zero-order valence-electron chi connectivity index (χ0n) is 18.5. The van der Waals surface area contributed by atoms with Crippen LogP contribution in [0.2, 0.25) is 0 Å². The molecule has 0 radical (unpaired) electrons. The first-order chi connectivity index (χ1) is 15.2. The Bertz CT molecular complexity index is 743. The van der Waals surface area contributed by atoms with Crippen molar-refractivity contribution in [2.75, 3.05) is 26.3 Å². The van der Waals surface area contributed by atoms with Crippen LogP contribution in [-0.2, 0) is 11.3 Å². The Morgan fingerprint density at radius 2 is 1.77 bits per heavy atom. The number of unbranched alkanes of at least 4 members (excludes halogenated alkanes) is 3. The molecule has 3 rings (SSSR count). The lowest BCUT2D eigenvalue weighted by atomic mass is 9.94. The van der Waals surface area contributed by atoms with E-state index in [4.69, 9.17) is 14.2 Å². The molecule has 1 aliphatic heterocycles. The number of nitrogens with zero attached hydrogens (tertiary/aromatic N) is 2. The lowest BCUT2D eigenvalue weighted by Gasteiger charge is -2.31. The summed E-state index contributed by atoms with van der Waals surface area (Å²) in [5.41, 5.74) is 1.74. The maximum Gasteiger partial charge on any atom is 0.410 e. The van der Waals surface area contributed by atoms with Gasteiger partial charge in [-0.05, 0) is 55.9 Å². The van der Waals surface area contributed by atoms with Gasteiger partial charge in [-0.2, -0.15) is 0 Å². The average molecular weight is 447 g/mol. The first kappa shape index (κ1) is 23.4. The minimum atomic E-state index is -0.226. The Labute approximate surface area is 189 Å². The van der Waals surface area contributed by atoms with Gasteiger partial charge in [-0.1, -0.05) is 26.2 Å². The van der Waals surface area contributed by atoms with Gasteiger partial charge in [-0.3, -0.25) is 4.98 Å². The molecule has 0 N–H and O–H groups in total. The summed E-state index contributed by atoms with van der Waals surface area (Å²) in [7, 11) is 0. The van der Waals surface area contributed by atoms with Crippen LogP contribution < -0.4 is 9.47 Å². The molecule has 0 saturated carbocycles. The Balaban J connectivity index is 1.26. The summed E-state index contributed by atoms with van der Waals surface area (Å²) >= 11 is 1.50. The molecule has 0 aliphatic carbocycles. The highest BCUT2D eigenvalue weighted by atomic mass is 32.1. The fourth-order valence-corrected chi connectivity index (χ4v) is 4.14. The molecular weight excluding hydrogens is 412 g/mol. The molecule has 0 bridgehead atoms. The van der Waals surface area contributed by atoms with Gasteiger partial charge in [0.05, 0.1) is 23.6 Å². The summed E-state index contributed by atoms with van der Waals surface area (Å²) in [6.07, 6.45) is 9.33. The predicted octanol–water partition coefficient (Wildman–Crippen LogP) is 5.92. The van der Waals surface area contributed by atoms with Crippen molar-refractivity contribution in [3.8, 4) is 11.5 Å². The Morgan fingerprint density at radius 1 is 1.06 bits per heavy atom. The molecule has 1 amide bonds. The third-order valence-corrected chi connectivity index (χ3v) is 6.33. The number of ether oxygens (including phenoxy) is 3. The van der Waals surface area contributed by atoms with Crippen LogP contribution in [0.1, 0.15) is 56.7 Å². The van der Waals surface area contributed by atoms with Gasteiger partial charge in [-0.25, -0.2) is 4.79 Å². The van der Waals surface area contributed by atoms with E-state index in [9.17, 15) is 4.79 Å². The van der Waals surface area contributed by atoms with Gasteiger partial charge >= 0.3 is 6.09 Å². The second kappa shape index (κ2) is 13.2. The van der Waals surface area contributed by atoms with Crippen LogP contribution in [0.15, 0.2) is 36.0 Å². The number of piperidine rings is 1. The second-order valence-electron chi connectivity index (χ2n) is 7.97. The predicted molar refractivity (Wildman–Crippen MR) is 123 cm³/mol. The van der Waals surface area contributed by atoms with E-state index in [2.05, 4.69) is 11.9 Å². The van der Waals surface area contributed by atoms with Crippen LogP contribution in [0, 0.1) is 5.92 Å². The molecular formula is C24H34N2O4S. The fraction of sp³-hybridized carbons (Fsp3) is 0.583. The minimum Gasteiger partial charge on any atom is -0.494 e. The number of carbonyl (C=O) groups excluding carboxylic acids is 1. The smallest absolute Gasteiger partial charge is 0.410 e. The van der Waals surface area contributed by atoms with Crippen molar-refractivity contribution in [3.63, 3.8) is 0 Å². The molecule has 1 aromatic heterocycles. The number of hydrogen-bond donors (Lipinski definition) is 0. The molecule has 0 atom stereocenters. The number of aromatic nitrogens is 1. The van der Waals surface area contributed by atoms with Gasteiger partial charge in [0, 0.05) is 19.3 Å². The SMILES string of the molecule is CCCCCCOc1ccc(OCCC2CCN(C(=O)OCc3cncs3)CC2)cc1. The van der Waals surface area contributed by atoms with Gasteiger partial charge in [-0.15, -0.1) is 11.3 Å². The highest BCUT2D eigenvalue weighted by Gasteiger charge is 2.23. The van der Waals surface area contributed by atoms with Crippen LogP contribution in [0.4, 0.5) is 4.79 Å².